The number of nitrogens with zero attached hydrogens (tertiary/aromatic N) is 4. The molecule has 2 aliphatic carbocycles. The molecule has 0 N–H and O–H groups in total. The second-order valence-corrected chi connectivity index (χ2v) is 15.7. The molecule has 0 unspecified atom stereocenters. The number of aromatic nitrogens is 1. The second-order valence-electron chi connectivity index (χ2n) is 15.7. The van der Waals surface area contributed by atoms with Gasteiger partial charge in [0.1, 0.15) is 0 Å². The summed E-state index contributed by atoms with van der Waals surface area (Å²) in [4.78, 5) is 9.30. The van der Waals surface area contributed by atoms with E-state index in [9.17, 15) is 5.26 Å². The molecule has 0 bridgehead atoms. The molecular formula is C44H48N4. The number of nitriles is 1. The lowest BCUT2D eigenvalue weighted by Crippen LogP contribution is -2.17. The van der Waals surface area contributed by atoms with Gasteiger partial charge in [-0.05, 0) is 124 Å². The Balaban J connectivity index is 1.32. The van der Waals surface area contributed by atoms with Gasteiger partial charge in [-0.15, -0.1) is 0 Å². The number of hydrogen-bond donors (Lipinski definition) is 0. The fourth-order valence-corrected chi connectivity index (χ4v) is 7.34. The third-order valence-corrected chi connectivity index (χ3v) is 9.59. The van der Waals surface area contributed by atoms with E-state index in [4.69, 9.17) is 4.98 Å². The number of allylic oxidation sites excluding steroid dienone is 6. The van der Waals surface area contributed by atoms with Crippen LogP contribution in [0, 0.1) is 22.2 Å². The van der Waals surface area contributed by atoms with Crippen molar-refractivity contribution in [2.75, 3.05) is 38.0 Å². The van der Waals surface area contributed by atoms with Gasteiger partial charge in [0.2, 0.25) is 0 Å². The molecule has 4 heteroatoms. The van der Waals surface area contributed by atoms with Crippen LogP contribution in [0.15, 0.2) is 96.1 Å². The molecule has 3 aromatic carbocycles. The molecule has 4 aromatic rings. The fourth-order valence-electron chi connectivity index (χ4n) is 7.34. The average molecular weight is 633 g/mol. The van der Waals surface area contributed by atoms with Gasteiger partial charge in [0.25, 0.3) is 0 Å². The molecule has 1 heterocycles. The van der Waals surface area contributed by atoms with Crippen LogP contribution < -0.4 is 9.80 Å². The molecule has 0 saturated carbocycles. The molecule has 0 radical (unpaired) electrons. The van der Waals surface area contributed by atoms with Crippen molar-refractivity contribution >= 4 is 45.6 Å². The molecule has 1 aromatic heterocycles. The Labute approximate surface area is 287 Å². The van der Waals surface area contributed by atoms with E-state index in [2.05, 4.69) is 163 Å². The van der Waals surface area contributed by atoms with Gasteiger partial charge in [-0.25, -0.2) is 4.98 Å². The molecule has 0 spiro atoms. The Morgan fingerprint density at radius 2 is 1.15 bits per heavy atom. The summed E-state index contributed by atoms with van der Waals surface area (Å²) in [5, 5.41) is 11.2. The summed E-state index contributed by atoms with van der Waals surface area (Å²) in [6.45, 7) is 9.36. The van der Waals surface area contributed by atoms with Crippen molar-refractivity contribution in [1.29, 1.82) is 5.26 Å². The van der Waals surface area contributed by atoms with Crippen molar-refractivity contribution in [3.63, 3.8) is 0 Å². The van der Waals surface area contributed by atoms with Gasteiger partial charge in [-0.1, -0.05) is 76.3 Å². The monoisotopic (exact) mass is 632 g/mol. The van der Waals surface area contributed by atoms with Crippen molar-refractivity contribution < 1.29 is 0 Å². The van der Waals surface area contributed by atoms with Crippen LogP contribution in [-0.4, -0.2) is 33.2 Å². The number of pyridine rings is 1. The van der Waals surface area contributed by atoms with Crippen molar-refractivity contribution in [2.45, 2.75) is 53.4 Å². The van der Waals surface area contributed by atoms with Crippen LogP contribution in [-0.2, 0) is 0 Å². The van der Waals surface area contributed by atoms with Crippen molar-refractivity contribution in [3.05, 3.63) is 124 Å². The zero-order valence-corrected chi connectivity index (χ0v) is 29.9. The number of anilines is 2. The van der Waals surface area contributed by atoms with Crippen LogP contribution in [0.25, 0.3) is 34.2 Å². The summed E-state index contributed by atoms with van der Waals surface area (Å²) in [6, 6.07) is 28.4. The first-order valence-electron chi connectivity index (χ1n) is 17.0. The summed E-state index contributed by atoms with van der Waals surface area (Å²) >= 11 is 0. The van der Waals surface area contributed by atoms with E-state index in [0.29, 0.717) is 5.56 Å². The van der Waals surface area contributed by atoms with Gasteiger partial charge in [0, 0.05) is 45.0 Å². The van der Waals surface area contributed by atoms with Gasteiger partial charge in [0.05, 0.1) is 22.8 Å². The lowest BCUT2D eigenvalue weighted by Gasteiger charge is -2.32. The topological polar surface area (TPSA) is 43.2 Å². The fraction of sp³-hybridized carbons (Fsp3) is 0.318. The van der Waals surface area contributed by atoms with Gasteiger partial charge in [0.15, 0.2) is 0 Å². The highest BCUT2D eigenvalue weighted by atomic mass is 15.1. The van der Waals surface area contributed by atoms with Gasteiger partial charge in [-0.2, -0.15) is 5.26 Å². The maximum absolute atomic E-state index is 10.3. The Hall–Kier alpha value is -4.88. The average Bonchev–Trinajstić information content (AvgIpc) is 3.03. The Morgan fingerprint density at radius 1 is 0.646 bits per heavy atom. The number of benzene rings is 3. The summed E-state index contributed by atoms with van der Waals surface area (Å²) in [5.74, 6) is 0. The van der Waals surface area contributed by atoms with Gasteiger partial charge >= 0.3 is 0 Å². The molecule has 0 saturated heterocycles. The Morgan fingerprint density at radius 3 is 1.62 bits per heavy atom. The minimum absolute atomic E-state index is 0.130. The third kappa shape index (κ3) is 7.47. The van der Waals surface area contributed by atoms with Crippen molar-refractivity contribution in [2.24, 2.45) is 10.8 Å². The van der Waals surface area contributed by atoms with Crippen LogP contribution in [0.2, 0.25) is 0 Å². The summed E-state index contributed by atoms with van der Waals surface area (Å²) in [5.41, 5.74) is 13.9. The van der Waals surface area contributed by atoms with Crippen molar-refractivity contribution in [3.8, 4) is 6.07 Å². The number of fused-ring (bicyclic) bond motifs is 1. The SMILES string of the molecule is CN(C)c1ccc(C2=C/C(=C/c3ccc4nc(/C=C5/C=C(c6ccc(N(C)C)cc6)CC(C)(C)C5)cc(C#N)c4c3)CC(C)(C)C2)cc1. The summed E-state index contributed by atoms with van der Waals surface area (Å²) in [7, 11) is 8.29. The summed E-state index contributed by atoms with van der Waals surface area (Å²) in [6.07, 6.45) is 13.2. The standard InChI is InChI=1S/C44H48N4/c1-43(2)25-31(20-35(27-43)33-10-14-39(15-11-33)47(5)6)19-30-9-18-42-41(23-30)37(29-45)24-38(46-42)22-32-21-36(28-44(3,4)26-32)34-12-16-40(17-13-34)48(7)8/h9-24H,25-28H2,1-8H3/b31-19-,32-22-. The molecule has 0 fully saturated rings. The van der Waals surface area contributed by atoms with E-state index in [1.165, 1.54) is 44.8 Å². The molecule has 4 nitrogen and oxygen atoms in total. The summed E-state index contributed by atoms with van der Waals surface area (Å²) < 4.78 is 0. The van der Waals surface area contributed by atoms with Crippen LogP contribution >= 0.6 is 0 Å². The highest BCUT2D eigenvalue weighted by Crippen LogP contribution is 2.44. The van der Waals surface area contributed by atoms with E-state index in [1.54, 1.807) is 0 Å². The van der Waals surface area contributed by atoms with Gasteiger partial charge in [-0.3, -0.25) is 0 Å². The zero-order chi connectivity index (χ0) is 34.2. The van der Waals surface area contributed by atoms with Gasteiger partial charge < -0.3 is 9.80 Å². The molecular weight excluding hydrogens is 585 g/mol. The quantitative estimate of drug-likeness (QED) is 0.212. The molecule has 0 atom stereocenters. The maximum Gasteiger partial charge on any atom is 0.0999 e. The zero-order valence-electron chi connectivity index (χ0n) is 29.9. The molecule has 244 valence electrons. The van der Waals surface area contributed by atoms with Crippen molar-refractivity contribution in [1.82, 2.24) is 4.98 Å². The number of rotatable bonds is 6. The molecule has 0 amide bonds. The molecule has 0 aliphatic heterocycles. The van der Waals surface area contributed by atoms with Crippen LogP contribution in [0.3, 0.4) is 0 Å². The lowest BCUT2D eigenvalue weighted by atomic mass is 9.73. The first-order chi connectivity index (χ1) is 22.8. The Kier molecular flexibility index (Phi) is 8.92. The van der Waals surface area contributed by atoms with E-state index in [0.717, 1.165) is 47.8 Å². The van der Waals surface area contributed by atoms with E-state index >= 15 is 0 Å². The molecule has 48 heavy (non-hydrogen) atoms. The minimum Gasteiger partial charge on any atom is -0.378 e. The Bertz CT molecular complexity index is 2010. The lowest BCUT2D eigenvalue weighted by molar-refractivity contribution is 0.370. The largest absolute Gasteiger partial charge is 0.378 e. The van der Waals surface area contributed by atoms with E-state index in [-0.39, 0.29) is 10.8 Å². The van der Waals surface area contributed by atoms with Crippen LogP contribution in [0.5, 0.6) is 0 Å². The predicted molar refractivity (Wildman–Crippen MR) is 206 cm³/mol. The highest BCUT2D eigenvalue weighted by molar-refractivity contribution is 5.88. The second kappa shape index (κ2) is 13.0. The van der Waals surface area contributed by atoms with Crippen LogP contribution in [0.4, 0.5) is 11.4 Å². The van der Waals surface area contributed by atoms with E-state index < -0.39 is 0 Å². The van der Waals surface area contributed by atoms with Crippen LogP contribution in [0.1, 0.15) is 81.3 Å². The first kappa shape index (κ1) is 33.0. The maximum atomic E-state index is 10.3. The third-order valence-electron chi connectivity index (χ3n) is 9.59. The first-order valence-corrected chi connectivity index (χ1v) is 17.0. The highest BCUT2D eigenvalue weighted by Gasteiger charge is 2.27. The minimum atomic E-state index is 0.130. The smallest absolute Gasteiger partial charge is 0.0999 e. The predicted octanol–water partition coefficient (Wildman–Crippen LogP) is 10.8. The molecule has 2 aliphatic rings. The van der Waals surface area contributed by atoms with E-state index in [1.807, 2.05) is 6.07 Å². The number of hydrogen-bond acceptors (Lipinski definition) is 4. The molecule has 6 rings (SSSR count). The normalized spacial score (nSPS) is 18.7.